The van der Waals surface area contributed by atoms with Crippen LogP contribution in [0, 0.1) is 0 Å². The van der Waals surface area contributed by atoms with Gasteiger partial charge in [0.2, 0.25) is 0 Å². The predicted octanol–water partition coefficient (Wildman–Crippen LogP) is 1.18. The van der Waals surface area contributed by atoms with Gasteiger partial charge in [0.05, 0.1) is 0 Å². The lowest BCUT2D eigenvalue weighted by Crippen LogP contribution is -2.05. The van der Waals surface area contributed by atoms with Crippen LogP contribution in [-0.4, -0.2) is 17.2 Å². The van der Waals surface area contributed by atoms with Gasteiger partial charge in [0, 0.05) is 0 Å². The van der Waals surface area contributed by atoms with Crippen molar-refractivity contribution in [1.82, 2.24) is 0 Å². The van der Waals surface area contributed by atoms with Gasteiger partial charge in [-0.3, -0.25) is 0 Å². The second kappa shape index (κ2) is 4.79. The monoisotopic (exact) mass is 180 g/mol. The largest absolute Gasteiger partial charge is 0.480 e. The molecule has 68 valence electrons. The molecule has 0 saturated heterocycles. The van der Waals surface area contributed by atoms with E-state index in [-0.39, 0.29) is 0 Å². The summed E-state index contributed by atoms with van der Waals surface area (Å²) in [6, 6.07) is 6.74. The molecule has 0 amide bonds. The maximum Gasteiger partial charge on any atom is 0.480 e. The fraction of sp³-hybridized carbons (Fsp3) is 0.111. The third-order valence-electron chi connectivity index (χ3n) is 1.59. The highest BCUT2D eigenvalue weighted by molar-refractivity contribution is 6.48. The van der Waals surface area contributed by atoms with Crippen molar-refractivity contribution in [3.05, 3.63) is 41.4 Å². The lowest BCUT2D eigenvalue weighted by Gasteiger charge is -1.95. The molecule has 0 atom stereocenters. The molecule has 1 aromatic rings. The molecule has 4 heteroatoms. The number of rotatable bonds is 3. The first kappa shape index (κ1) is 9.96. The number of alkyl halides is 1. The summed E-state index contributed by atoms with van der Waals surface area (Å²) in [5, 5.41) is 17.0. The Morgan fingerprint density at radius 3 is 2.31 bits per heavy atom. The van der Waals surface area contributed by atoms with E-state index in [2.05, 4.69) is 0 Å². The minimum absolute atomic E-state index is 0.480. The van der Waals surface area contributed by atoms with Crippen LogP contribution in [0.4, 0.5) is 4.39 Å². The molecule has 0 aliphatic carbocycles. The van der Waals surface area contributed by atoms with Gasteiger partial charge in [0.1, 0.15) is 6.67 Å². The summed E-state index contributed by atoms with van der Waals surface area (Å²) in [4.78, 5) is 0. The van der Waals surface area contributed by atoms with E-state index in [9.17, 15) is 4.39 Å². The summed E-state index contributed by atoms with van der Waals surface area (Å²) in [5.41, 5.74) is 1.42. The van der Waals surface area contributed by atoms with Gasteiger partial charge in [-0.2, -0.15) is 0 Å². The molecule has 1 aromatic carbocycles. The van der Waals surface area contributed by atoms with E-state index in [1.54, 1.807) is 30.3 Å². The van der Waals surface area contributed by atoms with Crippen LogP contribution in [0.5, 0.6) is 0 Å². The lowest BCUT2D eigenvalue weighted by atomic mass is 9.91. The first-order valence-electron chi connectivity index (χ1n) is 3.91. The molecule has 0 aliphatic heterocycles. The molecule has 0 fully saturated rings. The Morgan fingerprint density at radius 1 is 1.23 bits per heavy atom. The van der Waals surface area contributed by atoms with E-state index in [0.29, 0.717) is 5.56 Å². The van der Waals surface area contributed by atoms with Crippen LogP contribution in [0.25, 0.3) is 6.08 Å². The SMILES string of the molecule is OB(O)/C=C/c1ccc(CF)cc1. The van der Waals surface area contributed by atoms with Crippen molar-refractivity contribution < 1.29 is 14.4 Å². The van der Waals surface area contributed by atoms with Crippen molar-refractivity contribution >= 4 is 13.2 Å². The Balaban J connectivity index is 2.69. The predicted molar refractivity (Wildman–Crippen MR) is 50.5 cm³/mol. The first-order valence-corrected chi connectivity index (χ1v) is 3.91. The third kappa shape index (κ3) is 3.40. The smallest absolute Gasteiger partial charge is 0.424 e. The Hall–Kier alpha value is -1.13. The Bertz CT molecular complexity index is 282. The van der Waals surface area contributed by atoms with Crippen LogP contribution in [0.2, 0.25) is 0 Å². The van der Waals surface area contributed by atoms with Crippen LogP contribution in [0.15, 0.2) is 30.2 Å². The molecule has 0 heterocycles. The molecular formula is C9H10BFO2. The van der Waals surface area contributed by atoms with Gasteiger partial charge in [0.25, 0.3) is 0 Å². The summed E-state index contributed by atoms with van der Waals surface area (Å²) >= 11 is 0. The zero-order chi connectivity index (χ0) is 9.68. The van der Waals surface area contributed by atoms with E-state index in [1.807, 2.05) is 0 Å². The Kier molecular flexibility index (Phi) is 3.67. The average molecular weight is 180 g/mol. The molecule has 2 nitrogen and oxygen atoms in total. The minimum atomic E-state index is -1.44. The van der Waals surface area contributed by atoms with Gasteiger partial charge in [-0.1, -0.05) is 36.3 Å². The molecule has 0 aromatic heterocycles. The number of halogens is 1. The van der Waals surface area contributed by atoms with Gasteiger partial charge in [-0.05, 0) is 11.1 Å². The first-order chi connectivity index (χ1) is 6.22. The molecular weight excluding hydrogens is 170 g/mol. The standard InChI is InChI=1S/C9H10BFO2/c11-7-9-3-1-8(2-4-9)5-6-10(12)13/h1-6,12-13H,7H2/b6-5+. The maximum atomic E-state index is 12.1. The van der Waals surface area contributed by atoms with E-state index in [4.69, 9.17) is 10.0 Å². The molecule has 0 unspecified atom stereocenters. The van der Waals surface area contributed by atoms with Gasteiger partial charge in [-0.25, -0.2) is 4.39 Å². The van der Waals surface area contributed by atoms with Crippen LogP contribution in [-0.2, 0) is 6.67 Å². The van der Waals surface area contributed by atoms with Crippen molar-refractivity contribution in [2.45, 2.75) is 6.67 Å². The van der Waals surface area contributed by atoms with Crippen molar-refractivity contribution in [1.29, 1.82) is 0 Å². The second-order valence-electron chi connectivity index (χ2n) is 2.65. The molecule has 0 saturated carbocycles. The number of hydrogen-bond donors (Lipinski definition) is 2. The van der Waals surface area contributed by atoms with Gasteiger partial charge in [-0.15, -0.1) is 0 Å². The summed E-state index contributed by atoms with van der Waals surface area (Å²) in [6.45, 7) is -0.480. The highest BCUT2D eigenvalue weighted by Crippen LogP contribution is 2.07. The van der Waals surface area contributed by atoms with Gasteiger partial charge in [0.15, 0.2) is 0 Å². The Labute approximate surface area is 76.5 Å². The maximum absolute atomic E-state index is 12.1. The summed E-state index contributed by atoms with van der Waals surface area (Å²) < 4.78 is 12.1. The van der Waals surface area contributed by atoms with Crippen LogP contribution in [0.3, 0.4) is 0 Å². The van der Waals surface area contributed by atoms with Crippen LogP contribution in [0.1, 0.15) is 11.1 Å². The summed E-state index contributed by atoms with van der Waals surface area (Å²) in [7, 11) is -1.44. The topological polar surface area (TPSA) is 40.5 Å². The molecule has 13 heavy (non-hydrogen) atoms. The van der Waals surface area contributed by atoms with Crippen molar-refractivity contribution in [2.75, 3.05) is 0 Å². The minimum Gasteiger partial charge on any atom is -0.424 e. The number of hydrogen-bond acceptors (Lipinski definition) is 2. The number of benzene rings is 1. The molecule has 0 radical (unpaired) electrons. The molecule has 1 rings (SSSR count). The fourth-order valence-corrected chi connectivity index (χ4v) is 0.915. The van der Waals surface area contributed by atoms with E-state index >= 15 is 0 Å². The zero-order valence-electron chi connectivity index (χ0n) is 7.02. The lowest BCUT2D eigenvalue weighted by molar-refractivity contribution is 0.424. The van der Waals surface area contributed by atoms with Crippen molar-refractivity contribution in [3.63, 3.8) is 0 Å². The highest BCUT2D eigenvalue weighted by atomic mass is 19.1. The fourth-order valence-electron chi connectivity index (χ4n) is 0.915. The van der Waals surface area contributed by atoms with E-state index < -0.39 is 13.8 Å². The third-order valence-corrected chi connectivity index (χ3v) is 1.59. The van der Waals surface area contributed by atoms with Gasteiger partial charge < -0.3 is 10.0 Å². The van der Waals surface area contributed by atoms with Crippen molar-refractivity contribution in [2.24, 2.45) is 0 Å². The van der Waals surface area contributed by atoms with E-state index in [0.717, 1.165) is 5.56 Å². The van der Waals surface area contributed by atoms with E-state index in [1.165, 1.54) is 5.98 Å². The Morgan fingerprint density at radius 2 is 1.85 bits per heavy atom. The molecule has 2 N–H and O–H groups in total. The zero-order valence-corrected chi connectivity index (χ0v) is 7.02. The van der Waals surface area contributed by atoms with Crippen molar-refractivity contribution in [3.8, 4) is 0 Å². The van der Waals surface area contributed by atoms with Crippen LogP contribution < -0.4 is 0 Å². The highest BCUT2D eigenvalue weighted by Gasteiger charge is 1.97. The summed E-state index contributed by atoms with van der Waals surface area (Å²) in [5.74, 6) is 1.24. The second-order valence-corrected chi connectivity index (χ2v) is 2.65. The average Bonchev–Trinajstić information content (AvgIpc) is 2.15. The van der Waals surface area contributed by atoms with Crippen LogP contribution >= 0.6 is 0 Å². The summed E-state index contributed by atoms with van der Waals surface area (Å²) in [6.07, 6.45) is 1.56. The van der Waals surface area contributed by atoms with Gasteiger partial charge >= 0.3 is 7.12 Å². The normalized spacial score (nSPS) is 10.7. The quantitative estimate of drug-likeness (QED) is 0.685. The molecule has 0 aliphatic rings. The molecule has 0 spiro atoms. The molecule has 0 bridgehead atoms.